The van der Waals surface area contributed by atoms with Crippen LogP contribution in [0, 0.1) is 5.92 Å². The van der Waals surface area contributed by atoms with Gasteiger partial charge in [0.15, 0.2) is 6.29 Å². The summed E-state index contributed by atoms with van der Waals surface area (Å²) in [4.78, 5) is 0. The molecule has 2 aliphatic heterocycles. The molecule has 0 aliphatic carbocycles. The molecule has 9 atom stereocenters. The molecule has 0 spiro atoms. The van der Waals surface area contributed by atoms with Crippen molar-refractivity contribution < 1.29 is 34.6 Å². The van der Waals surface area contributed by atoms with E-state index in [-0.39, 0.29) is 24.1 Å². The van der Waals surface area contributed by atoms with Gasteiger partial charge in [-0.25, -0.2) is 0 Å². The first-order valence-corrected chi connectivity index (χ1v) is 10.9. The summed E-state index contributed by atoms with van der Waals surface area (Å²) < 4.78 is 18.0. The Labute approximate surface area is 175 Å². The SMILES string of the molecule is CNC1C(OC2C(SCc3ccccc3)OC(C)C2CO)OC(CO)C(O)C1O. The maximum atomic E-state index is 10.4. The number of thioether (sulfide) groups is 1. The van der Waals surface area contributed by atoms with E-state index in [0.717, 1.165) is 11.3 Å². The van der Waals surface area contributed by atoms with E-state index in [0.29, 0.717) is 0 Å². The smallest absolute Gasteiger partial charge is 0.176 e. The second-order valence-electron chi connectivity index (χ2n) is 7.47. The first-order chi connectivity index (χ1) is 14.0. The number of aliphatic hydroxyl groups is 4. The molecule has 3 rings (SSSR count). The van der Waals surface area contributed by atoms with Gasteiger partial charge < -0.3 is 40.0 Å². The maximum Gasteiger partial charge on any atom is 0.176 e. The molecule has 5 N–H and O–H groups in total. The Morgan fingerprint density at radius 2 is 1.79 bits per heavy atom. The number of benzene rings is 1. The van der Waals surface area contributed by atoms with Crippen LogP contribution < -0.4 is 5.32 Å². The summed E-state index contributed by atoms with van der Waals surface area (Å²) >= 11 is 1.58. The summed E-state index contributed by atoms with van der Waals surface area (Å²) in [6, 6.07) is 9.31. The summed E-state index contributed by atoms with van der Waals surface area (Å²) in [5.74, 6) is 0.457. The highest BCUT2D eigenvalue weighted by molar-refractivity contribution is 7.99. The fourth-order valence-corrected chi connectivity index (χ4v) is 5.08. The number of aliphatic hydroxyl groups excluding tert-OH is 4. The van der Waals surface area contributed by atoms with Crippen molar-refractivity contribution in [3.63, 3.8) is 0 Å². The third-order valence-electron chi connectivity index (χ3n) is 5.62. The minimum atomic E-state index is -1.23. The summed E-state index contributed by atoms with van der Waals surface area (Å²) in [5.41, 5.74) is 0.820. The van der Waals surface area contributed by atoms with Crippen LogP contribution in [0.25, 0.3) is 0 Å². The average molecular weight is 430 g/mol. The van der Waals surface area contributed by atoms with Crippen LogP contribution in [-0.2, 0) is 20.0 Å². The third kappa shape index (κ3) is 5.12. The normalized spacial score (nSPS) is 40.3. The number of nitrogens with one attached hydrogen (secondary N) is 1. The molecule has 0 amide bonds. The number of ether oxygens (including phenoxy) is 3. The van der Waals surface area contributed by atoms with Crippen molar-refractivity contribution in [3.05, 3.63) is 35.9 Å². The van der Waals surface area contributed by atoms with Gasteiger partial charge in [0.2, 0.25) is 0 Å². The van der Waals surface area contributed by atoms with Crippen molar-refractivity contribution in [3.8, 4) is 0 Å². The molecule has 1 aromatic carbocycles. The van der Waals surface area contributed by atoms with Crippen molar-refractivity contribution in [2.45, 2.75) is 61.0 Å². The second-order valence-corrected chi connectivity index (χ2v) is 8.56. The largest absolute Gasteiger partial charge is 0.396 e. The van der Waals surface area contributed by atoms with E-state index in [1.807, 2.05) is 37.3 Å². The summed E-state index contributed by atoms with van der Waals surface area (Å²) in [6.45, 7) is 1.34. The minimum Gasteiger partial charge on any atom is -0.396 e. The van der Waals surface area contributed by atoms with Crippen LogP contribution in [0.2, 0.25) is 0 Å². The van der Waals surface area contributed by atoms with E-state index in [9.17, 15) is 20.4 Å². The molecule has 1 aromatic rings. The third-order valence-corrected chi connectivity index (χ3v) is 6.82. The summed E-state index contributed by atoms with van der Waals surface area (Å²) in [7, 11) is 1.64. The highest BCUT2D eigenvalue weighted by Gasteiger charge is 2.49. The van der Waals surface area contributed by atoms with Crippen LogP contribution in [-0.4, -0.2) is 89.0 Å². The van der Waals surface area contributed by atoms with Crippen LogP contribution in [0.4, 0.5) is 0 Å². The van der Waals surface area contributed by atoms with Crippen LogP contribution >= 0.6 is 11.8 Å². The lowest BCUT2D eigenvalue weighted by atomic mass is 9.96. The lowest BCUT2D eigenvalue weighted by Crippen LogP contribution is -2.64. The van der Waals surface area contributed by atoms with E-state index in [1.165, 1.54) is 0 Å². The van der Waals surface area contributed by atoms with Crippen LogP contribution in [0.1, 0.15) is 12.5 Å². The van der Waals surface area contributed by atoms with Crippen molar-refractivity contribution in [1.82, 2.24) is 5.32 Å². The van der Waals surface area contributed by atoms with Crippen molar-refractivity contribution in [1.29, 1.82) is 0 Å². The maximum absolute atomic E-state index is 10.4. The van der Waals surface area contributed by atoms with Crippen LogP contribution in [0.5, 0.6) is 0 Å². The number of hydrogen-bond donors (Lipinski definition) is 5. The molecule has 0 radical (unpaired) electrons. The molecule has 2 aliphatic rings. The van der Waals surface area contributed by atoms with E-state index >= 15 is 0 Å². The molecule has 9 unspecified atom stereocenters. The van der Waals surface area contributed by atoms with Gasteiger partial charge >= 0.3 is 0 Å². The molecule has 9 heteroatoms. The standard InChI is InChI=1S/C20H31NO7S/c1-11-13(8-22)18(20(26-11)29-10-12-6-4-3-5-7-12)28-19-15(21-2)17(25)16(24)14(9-23)27-19/h3-7,11,13-25H,8-10H2,1-2H3. The van der Waals surface area contributed by atoms with Crippen LogP contribution in [0.3, 0.4) is 0 Å². The molecule has 2 saturated heterocycles. The molecule has 2 heterocycles. The van der Waals surface area contributed by atoms with Gasteiger partial charge in [-0.2, -0.15) is 0 Å². The zero-order valence-electron chi connectivity index (χ0n) is 16.6. The average Bonchev–Trinajstić information content (AvgIpc) is 3.04. The van der Waals surface area contributed by atoms with Gasteiger partial charge in [0, 0.05) is 11.7 Å². The molecule has 29 heavy (non-hydrogen) atoms. The molecule has 0 aromatic heterocycles. The molecular formula is C20H31NO7S. The van der Waals surface area contributed by atoms with E-state index in [4.69, 9.17) is 14.2 Å². The Bertz CT molecular complexity index is 624. The molecule has 0 saturated carbocycles. The molecule has 2 fully saturated rings. The van der Waals surface area contributed by atoms with Crippen LogP contribution in [0.15, 0.2) is 30.3 Å². The Morgan fingerprint density at radius 1 is 1.07 bits per heavy atom. The summed E-state index contributed by atoms with van der Waals surface area (Å²) in [5, 5.41) is 42.8. The zero-order valence-corrected chi connectivity index (χ0v) is 17.4. The quantitative estimate of drug-likeness (QED) is 0.379. The molecular weight excluding hydrogens is 398 g/mol. The Morgan fingerprint density at radius 3 is 2.41 bits per heavy atom. The monoisotopic (exact) mass is 429 g/mol. The lowest BCUT2D eigenvalue weighted by Gasteiger charge is -2.43. The lowest BCUT2D eigenvalue weighted by molar-refractivity contribution is -0.285. The Hall–Kier alpha value is -0.750. The van der Waals surface area contributed by atoms with E-state index in [1.54, 1.807) is 18.8 Å². The number of rotatable bonds is 8. The van der Waals surface area contributed by atoms with E-state index in [2.05, 4.69) is 5.32 Å². The highest BCUT2D eigenvalue weighted by Crippen LogP contribution is 2.38. The molecule has 164 valence electrons. The van der Waals surface area contributed by atoms with Crippen molar-refractivity contribution in [2.75, 3.05) is 20.3 Å². The fraction of sp³-hybridized carbons (Fsp3) is 0.700. The van der Waals surface area contributed by atoms with Crippen molar-refractivity contribution in [2.24, 2.45) is 5.92 Å². The summed E-state index contributed by atoms with van der Waals surface area (Å²) in [6.07, 6.45) is -4.96. The molecule has 8 nitrogen and oxygen atoms in total. The zero-order chi connectivity index (χ0) is 21.0. The van der Waals surface area contributed by atoms with Gasteiger partial charge in [0.05, 0.1) is 25.4 Å². The van der Waals surface area contributed by atoms with Gasteiger partial charge in [-0.15, -0.1) is 11.8 Å². The number of hydrogen-bond acceptors (Lipinski definition) is 9. The van der Waals surface area contributed by atoms with Gasteiger partial charge in [0.25, 0.3) is 0 Å². The highest BCUT2D eigenvalue weighted by atomic mass is 32.2. The van der Waals surface area contributed by atoms with Gasteiger partial charge in [0.1, 0.15) is 29.9 Å². The first kappa shape index (κ1) is 22.9. The first-order valence-electron chi connectivity index (χ1n) is 9.87. The topological polar surface area (TPSA) is 121 Å². The second kappa shape index (κ2) is 10.5. The predicted molar refractivity (Wildman–Crippen MR) is 108 cm³/mol. The molecule has 0 bridgehead atoms. The Balaban J connectivity index is 1.73. The van der Waals surface area contributed by atoms with Gasteiger partial charge in [-0.1, -0.05) is 30.3 Å². The number of likely N-dealkylation sites (N-methyl/N-ethyl adjacent to an activating group) is 1. The Kier molecular flexibility index (Phi) is 8.32. The predicted octanol–water partition coefficient (Wildman–Crippen LogP) is -0.315. The van der Waals surface area contributed by atoms with Crippen molar-refractivity contribution >= 4 is 11.8 Å². The van der Waals surface area contributed by atoms with Gasteiger partial charge in [-0.05, 0) is 19.5 Å². The fourth-order valence-electron chi connectivity index (χ4n) is 3.82. The van der Waals surface area contributed by atoms with Gasteiger partial charge in [-0.3, -0.25) is 0 Å². The van der Waals surface area contributed by atoms with E-state index < -0.39 is 43.4 Å². The minimum absolute atomic E-state index is 0.111.